The van der Waals surface area contributed by atoms with Gasteiger partial charge in [0.2, 0.25) is 10.0 Å². The highest BCUT2D eigenvalue weighted by Crippen LogP contribution is 2.27. The fourth-order valence-electron chi connectivity index (χ4n) is 2.04. The van der Waals surface area contributed by atoms with E-state index in [-0.39, 0.29) is 6.10 Å². The van der Waals surface area contributed by atoms with Crippen LogP contribution in [0.25, 0.3) is 0 Å². The number of nitrogens with zero attached hydrogens (tertiary/aromatic N) is 1. The predicted octanol–water partition coefficient (Wildman–Crippen LogP) is 1.90. The Bertz CT molecular complexity index is 536. The zero-order valence-electron chi connectivity index (χ0n) is 10.1. The first-order chi connectivity index (χ1) is 8.41. The minimum absolute atomic E-state index is 0.296. The molecular formula is C12H16BrNO3S. The van der Waals surface area contributed by atoms with Crippen molar-refractivity contribution in [3.63, 3.8) is 0 Å². The van der Waals surface area contributed by atoms with E-state index in [4.69, 9.17) is 0 Å². The van der Waals surface area contributed by atoms with Gasteiger partial charge >= 0.3 is 0 Å². The molecule has 1 saturated heterocycles. The molecule has 0 radical (unpaired) electrons. The van der Waals surface area contributed by atoms with Crippen molar-refractivity contribution in [1.82, 2.24) is 4.31 Å². The third kappa shape index (κ3) is 2.77. The number of benzene rings is 1. The van der Waals surface area contributed by atoms with Gasteiger partial charge in [0.1, 0.15) is 0 Å². The summed E-state index contributed by atoms with van der Waals surface area (Å²) in [6, 6.07) is 5.21. The lowest BCUT2D eigenvalue weighted by Gasteiger charge is -2.29. The lowest BCUT2D eigenvalue weighted by Crippen LogP contribution is -2.40. The molecule has 0 aromatic heterocycles. The van der Waals surface area contributed by atoms with Crippen LogP contribution in [0.2, 0.25) is 0 Å². The van der Waals surface area contributed by atoms with E-state index in [2.05, 4.69) is 15.9 Å². The van der Waals surface area contributed by atoms with Crippen molar-refractivity contribution in [2.45, 2.75) is 30.8 Å². The Morgan fingerprint density at radius 1 is 1.33 bits per heavy atom. The van der Waals surface area contributed by atoms with Crippen LogP contribution in [0.15, 0.2) is 27.6 Å². The first-order valence-corrected chi connectivity index (χ1v) is 8.09. The van der Waals surface area contributed by atoms with Gasteiger partial charge in [0.15, 0.2) is 0 Å². The summed E-state index contributed by atoms with van der Waals surface area (Å²) in [5.41, 5.74) is 1.01. The Hall–Kier alpha value is -0.430. The highest BCUT2D eigenvalue weighted by molar-refractivity contribution is 9.10. The molecule has 1 aromatic rings. The number of halogens is 1. The molecule has 0 saturated carbocycles. The van der Waals surface area contributed by atoms with Crippen LogP contribution in [0.3, 0.4) is 0 Å². The average molecular weight is 334 g/mol. The van der Waals surface area contributed by atoms with Crippen molar-refractivity contribution in [3.8, 4) is 0 Å². The minimum Gasteiger partial charge on any atom is -0.393 e. The normalized spacial score (nSPS) is 19.1. The number of hydrogen-bond acceptors (Lipinski definition) is 3. The molecule has 6 heteroatoms. The summed E-state index contributed by atoms with van der Waals surface area (Å²) in [5.74, 6) is 0. The Morgan fingerprint density at radius 2 is 1.94 bits per heavy atom. The topological polar surface area (TPSA) is 57.6 Å². The van der Waals surface area contributed by atoms with E-state index < -0.39 is 10.0 Å². The van der Waals surface area contributed by atoms with Gasteiger partial charge < -0.3 is 5.11 Å². The minimum atomic E-state index is -3.46. The SMILES string of the molecule is Cc1ccc(S(=O)(=O)N2CCC(O)CC2)c(Br)c1. The number of aliphatic hydroxyl groups is 1. The summed E-state index contributed by atoms with van der Waals surface area (Å²) in [6.45, 7) is 2.67. The fourth-order valence-corrected chi connectivity index (χ4v) is 4.66. The lowest BCUT2D eigenvalue weighted by atomic mass is 10.1. The van der Waals surface area contributed by atoms with Gasteiger partial charge in [0.05, 0.1) is 11.0 Å². The van der Waals surface area contributed by atoms with Crippen LogP contribution in [-0.2, 0) is 10.0 Å². The summed E-state index contributed by atoms with van der Waals surface area (Å²) < 4.78 is 26.9. The van der Waals surface area contributed by atoms with Crippen molar-refractivity contribution in [2.24, 2.45) is 0 Å². The van der Waals surface area contributed by atoms with Crippen molar-refractivity contribution in [2.75, 3.05) is 13.1 Å². The molecule has 0 aliphatic carbocycles. The Kier molecular flexibility index (Phi) is 4.11. The molecule has 0 amide bonds. The Morgan fingerprint density at radius 3 is 2.50 bits per heavy atom. The van der Waals surface area contributed by atoms with Crippen molar-refractivity contribution >= 4 is 26.0 Å². The highest BCUT2D eigenvalue weighted by atomic mass is 79.9. The zero-order valence-corrected chi connectivity index (χ0v) is 12.5. The number of aryl methyl sites for hydroxylation is 1. The van der Waals surface area contributed by atoms with Crippen LogP contribution in [0, 0.1) is 6.92 Å². The van der Waals surface area contributed by atoms with Gasteiger partial charge in [0, 0.05) is 17.6 Å². The molecule has 0 bridgehead atoms. The molecule has 0 unspecified atom stereocenters. The van der Waals surface area contributed by atoms with E-state index in [1.54, 1.807) is 18.2 Å². The first kappa shape index (κ1) is 14.0. The average Bonchev–Trinajstić information content (AvgIpc) is 2.29. The van der Waals surface area contributed by atoms with Gasteiger partial charge in [-0.25, -0.2) is 8.42 Å². The maximum atomic E-state index is 12.4. The number of hydrogen-bond donors (Lipinski definition) is 1. The van der Waals surface area contributed by atoms with Gasteiger partial charge in [-0.2, -0.15) is 4.31 Å². The molecule has 1 fully saturated rings. The van der Waals surface area contributed by atoms with E-state index in [1.807, 2.05) is 6.92 Å². The second-order valence-electron chi connectivity index (χ2n) is 4.57. The molecule has 100 valence electrons. The second kappa shape index (κ2) is 5.28. The van der Waals surface area contributed by atoms with Crippen LogP contribution in [0.1, 0.15) is 18.4 Å². The number of sulfonamides is 1. The number of piperidine rings is 1. The summed E-state index contributed by atoms with van der Waals surface area (Å²) in [4.78, 5) is 0.296. The molecule has 4 nitrogen and oxygen atoms in total. The van der Waals surface area contributed by atoms with E-state index >= 15 is 0 Å². The predicted molar refractivity (Wildman–Crippen MR) is 72.9 cm³/mol. The first-order valence-electron chi connectivity index (χ1n) is 5.85. The summed E-state index contributed by atoms with van der Waals surface area (Å²) >= 11 is 3.31. The maximum Gasteiger partial charge on any atom is 0.244 e. The molecule has 1 N–H and O–H groups in total. The van der Waals surface area contributed by atoms with E-state index in [0.29, 0.717) is 35.3 Å². The standard InChI is InChI=1S/C12H16BrNO3S/c1-9-2-3-12(11(13)8-9)18(16,17)14-6-4-10(15)5-7-14/h2-3,8,10,15H,4-7H2,1H3. The van der Waals surface area contributed by atoms with Gasteiger partial charge in [-0.15, -0.1) is 0 Å². The molecule has 1 aromatic carbocycles. The fraction of sp³-hybridized carbons (Fsp3) is 0.500. The Balaban J connectivity index is 2.30. The highest BCUT2D eigenvalue weighted by Gasteiger charge is 2.29. The third-order valence-corrected chi connectivity index (χ3v) is 6.00. The molecule has 1 aliphatic rings. The zero-order chi connectivity index (χ0) is 13.3. The summed E-state index contributed by atoms with van der Waals surface area (Å²) in [5, 5.41) is 9.42. The third-order valence-electron chi connectivity index (χ3n) is 3.13. The largest absolute Gasteiger partial charge is 0.393 e. The van der Waals surface area contributed by atoms with E-state index in [1.165, 1.54) is 4.31 Å². The van der Waals surface area contributed by atoms with Gasteiger partial charge in [0.25, 0.3) is 0 Å². The smallest absolute Gasteiger partial charge is 0.244 e. The van der Waals surface area contributed by atoms with Crippen molar-refractivity contribution in [1.29, 1.82) is 0 Å². The van der Waals surface area contributed by atoms with Crippen LogP contribution < -0.4 is 0 Å². The van der Waals surface area contributed by atoms with Gasteiger partial charge in [-0.3, -0.25) is 0 Å². The number of aliphatic hydroxyl groups excluding tert-OH is 1. The number of rotatable bonds is 2. The van der Waals surface area contributed by atoms with Crippen molar-refractivity contribution in [3.05, 3.63) is 28.2 Å². The molecular weight excluding hydrogens is 318 g/mol. The van der Waals surface area contributed by atoms with E-state index in [9.17, 15) is 13.5 Å². The molecule has 0 spiro atoms. The monoisotopic (exact) mass is 333 g/mol. The van der Waals surface area contributed by atoms with Crippen LogP contribution in [0.4, 0.5) is 0 Å². The van der Waals surface area contributed by atoms with Crippen molar-refractivity contribution < 1.29 is 13.5 Å². The molecule has 1 aliphatic heterocycles. The molecule has 1 heterocycles. The van der Waals surface area contributed by atoms with Crippen LogP contribution in [0.5, 0.6) is 0 Å². The molecule has 2 rings (SSSR count). The van der Waals surface area contributed by atoms with Gasteiger partial charge in [-0.1, -0.05) is 6.07 Å². The maximum absolute atomic E-state index is 12.4. The Labute approximate surface area is 116 Å². The summed E-state index contributed by atoms with van der Waals surface area (Å²) in [7, 11) is -3.46. The quantitative estimate of drug-likeness (QED) is 0.899. The van der Waals surface area contributed by atoms with Crippen LogP contribution in [-0.4, -0.2) is 37.0 Å². The molecule has 0 atom stereocenters. The summed E-state index contributed by atoms with van der Waals surface area (Å²) in [6.07, 6.45) is 0.628. The van der Waals surface area contributed by atoms with Gasteiger partial charge in [-0.05, 0) is 53.4 Å². The second-order valence-corrected chi connectivity index (χ2v) is 7.33. The van der Waals surface area contributed by atoms with E-state index in [0.717, 1.165) is 5.56 Å². The lowest BCUT2D eigenvalue weighted by molar-refractivity contribution is 0.113. The van der Waals surface area contributed by atoms with Crippen LogP contribution >= 0.6 is 15.9 Å². The molecule has 18 heavy (non-hydrogen) atoms.